The highest BCUT2D eigenvalue weighted by molar-refractivity contribution is 5.89. The Morgan fingerprint density at radius 2 is 1.68 bits per heavy atom. The molecule has 0 aromatic heterocycles. The summed E-state index contributed by atoms with van der Waals surface area (Å²) in [5.74, 6) is -0.365. The molecule has 0 unspecified atom stereocenters. The summed E-state index contributed by atoms with van der Waals surface area (Å²) in [4.78, 5) is 26.0. The number of amides is 2. The van der Waals surface area contributed by atoms with E-state index in [1.807, 2.05) is 18.2 Å². The molecule has 0 atom stereocenters. The van der Waals surface area contributed by atoms with Crippen LogP contribution in [0.15, 0.2) is 54.6 Å². The van der Waals surface area contributed by atoms with Gasteiger partial charge in [-0.15, -0.1) is 0 Å². The van der Waals surface area contributed by atoms with Crippen LogP contribution in [0.25, 0.3) is 0 Å². The van der Waals surface area contributed by atoms with Gasteiger partial charge in [0.2, 0.25) is 0 Å². The number of urea groups is 1. The first-order valence-electron chi connectivity index (χ1n) is 9.62. The van der Waals surface area contributed by atoms with Crippen LogP contribution >= 0.6 is 0 Å². The van der Waals surface area contributed by atoms with E-state index >= 15 is 0 Å². The molecular formula is C22H27N3O3. The van der Waals surface area contributed by atoms with E-state index in [-0.39, 0.29) is 18.0 Å². The van der Waals surface area contributed by atoms with Gasteiger partial charge in [0, 0.05) is 32.2 Å². The number of rotatable bonds is 6. The number of ether oxygens (including phenoxy) is 1. The van der Waals surface area contributed by atoms with Gasteiger partial charge in [0.1, 0.15) is 0 Å². The van der Waals surface area contributed by atoms with Crippen molar-refractivity contribution in [1.82, 2.24) is 15.5 Å². The zero-order valence-corrected chi connectivity index (χ0v) is 16.2. The number of hydrogen-bond acceptors (Lipinski definition) is 4. The van der Waals surface area contributed by atoms with E-state index in [4.69, 9.17) is 0 Å². The van der Waals surface area contributed by atoms with Crippen molar-refractivity contribution in [3.63, 3.8) is 0 Å². The molecule has 3 rings (SSSR count). The van der Waals surface area contributed by atoms with E-state index in [2.05, 4.69) is 44.5 Å². The fourth-order valence-electron chi connectivity index (χ4n) is 3.37. The first-order chi connectivity index (χ1) is 13.6. The molecule has 1 saturated heterocycles. The normalized spacial score (nSPS) is 15.0. The summed E-state index contributed by atoms with van der Waals surface area (Å²) in [5.41, 5.74) is 2.75. The van der Waals surface area contributed by atoms with Gasteiger partial charge < -0.3 is 15.4 Å². The molecule has 1 fully saturated rings. The van der Waals surface area contributed by atoms with Gasteiger partial charge >= 0.3 is 12.0 Å². The third-order valence-corrected chi connectivity index (χ3v) is 5.00. The summed E-state index contributed by atoms with van der Waals surface area (Å²) in [6.45, 7) is 3.34. The lowest BCUT2D eigenvalue weighted by atomic mass is 10.0. The van der Waals surface area contributed by atoms with Gasteiger partial charge in [-0.3, -0.25) is 4.90 Å². The molecule has 0 saturated carbocycles. The first-order valence-corrected chi connectivity index (χ1v) is 9.62. The number of benzene rings is 2. The van der Waals surface area contributed by atoms with E-state index in [0.717, 1.165) is 38.0 Å². The summed E-state index contributed by atoms with van der Waals surface area (Å²) < 4.78 is 4.68. The average molecular weight is 381 g/mol. The highest BCUT2D eigenvalue weighted by atomic mass is 16.5. The predicted octanol–water partition coefficient (Wildman–Crippen LogP) is 2.94. The third kappa shape index (κ3) is 5.82. The quantitative estimate of drug-likeness (QED) is 0.755. The van der Waals surface area contributed by atoms with Gasteiger partial charge in [0.05, 0.1) is 12.7 Å². The van der Waals surface area contributed by atoms with Crippen LogP contribution in [-0.4, -0.2) is 43.1 Å². The lowest BCUT2D eigenvalue weighted by Gasteiger charge is -2.32. The predicted molar refractivity (Wildman–Crippen MR) is 108 cm³/mol. The smallest absolute Gasteiger partial charge is 0.337 e. The average Bonchev–Trinajstić information content (AvgIpc) is 2.74. The van der Waals surface area contributed by atoms with Crippen molar-refractivity contribution in [3.8, 4) is 0 Å². The van der Waals surface area contributed by atoms with Gasteiger partial charge in [-0.05, 0) is 36.1 Å². The number of nitrogens with zero attached hydrogens (tertiary/aromatic N) is 1. The van der Waals surface area contributed by atoms with Crippen molar-refractivity contribution >= 4 is 12.0 Å². The Kier molecular flexibility index (Phi) is 7.03. The van der Waals surface area contributed by atoms with Crippen LogP contribution < -0.4 is 10.6 Å². The standard InChI is InChI=1S/C22H27N3O3/c1-28-21(26)19-9-7-17(8-10-19)15-23-22(27)24-20-11-13-25(14-12-20)16-18-5-3-2-4-6-18/h2-10,20H,11-16H2,1H3,(H2,23,24,27). The third-order valence-electron chi connectivity index (χ3n) is 5.00. The van der Waals surface area contributed by atoms with Crippen molar-refractivity contribution in [1.29, 1.82) is 0 Å². The molecule has 2 aromatic rings. The highest BCUT2D eigenvalue weighted by Gasteiger charge is 2.20. The van der Waals surface area contributed by atoms with Crippen molar-refractivity contribution in [2.75, 3.05) is 20.2 Å². The van der Waals surface area contributed by atoms with E-state index in [1.165, 1.54) is 12.7 Å². The molecule has 0 aliphatic carbocycles. The minimum absolute atomic E-state index is 0.154. The van der Waals surface area contributed by atoms with Crippen LogP contribution in [0.3, 0.4) is 0 Å². The van der Waals surface area contributed by atoms with E-state index in [0.29, 0.717) is 12.1 Å². The molecular weight excluding hydrogens is 354 g/mol. The fraction of sp³-hybridized carbons (Fsp3) is 0.364. The lowest BCUT2D eigenvalue weighted by molar-refractivity contribution is 0.0600. The maximum absolute atomic E-state index is 12.2. The Hall–Kier alpha value is -2.86. The van der Waals surface area contributed by atoms with E-state index < -0.39 is 0 Å². The van der Waals surface area contributed by atoms with Crippen LogP contribution in [-0.2, 0) is 17.8 Å². The van der Waals surface area contributed by atoms with Gasteiger partial charge in [-0.1, -0.05) is 42.5 Å². The first kappa shape index (κ1) is 19.9. The summed E-state index contributed by atoms with van der Waals surface area (Å²) >= 11 is 0. The van der Waals surface area contributed by atoms with E-state index in [1.54, 1.807) is 12.1 Å². The summed E-state index contributed by atoms with van der Waals surface area (Å²) in [6.07, 6.45) is 1.90. The molecule has 148 valence electrons. The number of nitrogens with one attached hydrogen (secondary N) is 2. The second-order valence-corrected chi connectivity index (χ2v) is 7.05. The summed E-state index contributed by atoms with van der Waals surface area (Å²) in [5, 5.41) is 5.94. The molecule has 2 N–H and O–H groups in total. The van der Waals surface area contributed by atoms with Crippen LogP contribution in [0.4, 0.5) is 4.79 Å². The molecule has 6 heteroatoms. The zero-order chi connectivity index (χ0) is 19.8. The second kappa shape index (κ2) is 9.90. The van der Waals surface area contributed by atoms with Crippen LogP contribution in [0.1, 0.15) is 34.3 Å². The topological polar surface area (TPSA) is 70.7 Å². The van der Waals surface area contributed by atoms with Gasteiger partial charge in [0.25, 0.3) is 0 Å². The Labute approximate surface area is 165 Å². The monoisotopic (exact) mass is 381 g/mol. The number of hydrogen-bond donors (Lipinski definition) is 2. The van der Waals surface area contributed by atoms with Crippen molar-refractivity contribution in [2.45, 2.75) is 32.0 Å². The molecule has 28 heavy (non-hydrogen) atoms. The van der Waals surface area contributed by atoms with Gasteiger partial charge in [0.15, 0.2) is 0 Å². The number of esters is 1. The Bertz CT molecular complexity index is 769. The lowest BCUT2D eigenvalue weighted by Crippen LogP contribution is -2.47. The van der Waals surface area contributed by atoms with E-state index in [9.17, 15) is 9.59 Å². The molecule has 0 bridgehead atoms. The number of carbonyl (C=O) groups is 2. The van der Waals surface area contributed by atoms with Gasteiger partial charge in [-0.25, -0.2) is 9.59 Å². The van der Waals surface area contributed by atoms with Crippen molar-refractivity contribution < 1.29 is 14.3 Å². The molecule has 2 amide bonds. The molecule has 1 aliphatic heterocycles. The minimum atomic E-state index is -0.365. The molecule has 0 spiro atoms. The van der Waals surface area contributed by atoms with Crippen LogP contribution in [0.5, 0.6) is 0 Å². The largest absolute Gasteiger partial charge is 0.465 e. The van der Waals surface area contributed by atoms with Crippen LogP contribution in [0.2, 0.25) is 0 Å². The maximum atomic E-state index is 12.2. The molecule has 1 heterocycles. The molecule has 0 radical (unpaired) electrons. The summed E-state index contributed by atoms with van der Waals surface area (Å²) in [6, 6.07) is 17.5. The molecule has 6 nitrogen and oxygen atoms in total. The summed E-state index contributed by atoms with van der Waals surface area (Å²) in [7, 11) is 1.36. The molecule has 1 aliphatic rings. The fourth-order valence-corrected chi connectivity index (χ4v) is 3.37. The Morgan fingerprint density at radius 1 is 1.00 bits per heavy atom. The minimum Gasteiger partial charge on any atom is -0.465 e. The Morgan fingerprint density at radius 3 is 2.32 bits per heavy atom. The zero-order valence-electron chi connectivity index (χ0n) is 16.2. The highest BCUT2D eigenvalue weighted by Crippen LogP contribution is 2.14. The Balaban J connectivity index is 1.37. The maximum Gasteiger partial charge on any atom is 0.337 e. The van der Waals surface area contributed by atoms with Crippen molar-refractivity contribution in [2.24, 2.45) is 0 Å². The van der Waals surface area contributed by atoms with Crippen LogP contribution in [0, 0.1) is 0 Å². The number of likely N-dealkylation sites (tertiary alicyclic amines) is 1. The SMILES string of the molecule is COC(=O)c1ccc(CNC(=O)NC2CCN(Cc3ccccc3)CC2)cc1. The number of carbonyl (C=O) groups excluding carboxylic acids is 2. The van der Waals surface area contributed by atoms with Crippen molar-refractivity contribution in [3.05, 3.63) is 71.3 Å². The molecule has 2 aromatic carbocycles. The number of methoxy groups -OCH3 is 1. The second-order valence-electron chi connectivity index (χ2n) is 7.05. The number of piperidine rings is 1. The van der Waals surface area contributed by atoms with Gasteiger partial charge in [-0.2, -0.15) is 0 Å².